The molecule has 0 aliphatic carbocycles. The highest BCUT2D eigenvalue weighted by Gasteiger charge is 2.27. The topological polar surface area (TPSA) is 29.3 Å². The van der Waals surface area contributed by atoms with Gasteiger partial charge in [0.15, 0.2) is 0 Å². The van der Waals surface area contributed by atoms with Crippen LogP contribution < -0.4 is 10.6 Å². The summed E-state index contributed by atoms with van der Waals surface area (Å²) in [7, 11) is 0. The summed E-state index contributed by atoms with van der Waals surface area (Å²) in [6, 6.07) is 9.52. The maximum absolute atomic E-state index is 6.17. The molecular formula is C14H22N2. The molecule has 2 unspecified atom stereocenters. The molecule has 0 saturated heterocycles. The Labute approximate surface area is 98.4 Å². The SMILES string of the molecule is CC(C)C(N)CN1c2ccccc2CC1C. The summed E-state index contributed by atoms with van der Waals surface area (Å²) in [6.45, 7) is 7.64. The third-order valence-corrected chi connectivity index (χ3v) is 3.61. The van der Waals surface area contributed by atoms with Crippen molar-refractivity contribution in [3.8, 4) is 0 Å². The maximum Gasteiger partial charge on any atom is 0.0402 e. The number of hydrogen-bond acceptors (Lipinski definition) is 2. The van der Waals surface area contributed by atoms with E-state index in [2.05, 4.69) is 49.9 Å². The van der Waals surface area contributed by atoms with Crippen molar-refractivity contribution in [1.29, 1.82) is 0 Å². The van der Waals surface area contributed by atoms with Crippen LogP contribution in [0.25, 0.3) is 0 Å². The third kappa shape index (κ3) is 2.07. The van der Waals surface area contributed by atoms with Crippen LogP contribution in [0.3, 0.4) is 0 Å². The zero-order valence-corrected chi connectivity index (χ0v) is 10.5. The first-order valence-electron chi connectivity index (χ1n) is 6.19. The molecule has 2 nitrogen and oxygen atoms in total. The first kappa shape index (κ1) is 11.5. The molecule has 0 aromatic heterocycles. The van der Waals surface area contributed by atoms with E-state index in [9.17, 15) is 0 Å². The molecule has 0 saturated carbocycles. The van der Waals surface area contributed by atoms with Crippen molar-refractivity contribution in [2.45, 2.75) is 39.3 Å². The molecule has 0 bridgehead atoms. The summed E-state index contributed by atoms with van der Waals surface area (Å²) in [5, 5.41) is 0. The standard InChI is InChI=1S/C14H22N2/c1-10(2)13(15)9-16-11(3)8-12-6-4-5-7-14(12)16/h4-7,10-11,13H,8-9,15H2,1-3H3. The molecule has 2 heteroatoms. The number of anilines is 1. The summed E-state index contributed by atoms with van der Waals surface area (Å²) in [5.41, 5.74) is 9.02. The molecule has 0 radical (unpaired) electrons. The van der Waals surface area contributed by atoms with E-state index in [4.69, 9.17) is 5.73 Å². The molecule has 88 valence electrons. The van der Waals surface area contributed by atoms with Gasteiger partial charge < -0.3 is 10.6 Å². The third-order valence-electron chi connectivity index (χ3n) is 3.61. The van der Waals surface area contributed by atoms with Crippen LogP contribution in [0.4, 0.5) is 5.69 Å². The fraction of sp³-hybridized carbons (Fsp3) is 0.571. The lowest BCUT2D eigenvalue weighted by Crippen LogP contribution is -2.43. The fourth-order valence-electron chi connectivity index (χ4n) is 2.35. The van der Waals surface area contributed by atoms with E-state index in [1.165, 1.54) is 11.3 Å². The minimum Gasteiger partial charge on any atom is -0.367 e. The van der Waals surface area contributed by atoms with Gasteiger partial charge in [-0.25, -0.2) is 0 Å². The van der Waals surface area contributed by atoms with Crippen molar-refractivity contribution in [2.75, 3.05) is 11.4 Å². The number of fused-ring (bicyclic) bond motifs is 1. The lowest BCUT2D eigenvalue weighted by Gasteiger charge is -2.29. The first-order valence-corrected chi connectivity index (χ1v) is 6.19. The number of nitrogens with two attached hydrogens (primary N) is 1. The molecule has 16 heavy (non-hydrogen) atoms. The first-order chi connectivity index (χ1) is 7.59. The molecular weight excluding hydrogens is 196 g/mol. The Morgan fingerprint density at radius 2 is 2.06 bits per heavy atom. The lowest BCUT2D eigenvalue weighted by molar-refractivity contribution is 0.473. The zero-order chi connectivity index (χ0) is 11.7. The van der Waals surface area contributed by atoms with E-state index in [1.54, 1.807) is 0 Å². The van der Waals surface area contributed by atoms with Gasteiger partial charge in [-0.3, -0.25) is 0 Å². The lowest BCUT2D eigenvalue weighted by atomic mass is 10.0. The minimum atomic E-state index is 0.258. The van der Waals surface area contributed by atoms with Crippen molar-refractivity contribution in [3.63, 3.8) is 0 Å². The molecule has 1 aliphatic rings. The van der Waals surface area contributed by atoms with Gasteiger partial charge in [-0.1, -0.05) is 32.0 Å². The smallest absolute Gasteiger partial charge is 0.0402 e. The molecule has 0 amide bonds. The molecule has 1 aromatic carbocycles. The van der Waals surface area contributed by atoms with Gasteiger partial charge in [0.25, 0.3) is 0 Å². The molecule has 2 N–H and O–H groups in total. The summed E-state index contributed by atoms with van der Waals surface area (Å²) < 4.78 is 0. The summed E-state index contributed by atoms with van der Waals surface area (Å²) in [4.78, 5) is 2.46. The van der Waals surface area contributed by atoms with Crippen molar-refractivity contribution < 1.29 is 0 Å². The van der Waals surface area contributed by atoms with Crippen LogP contribution in [-0.2, 0) is 6.42 Å². The van der Waals surface area contributed by atoms with Crippen LogP contribution in [0.5, 0.6) is 0 Å². The monoisotopic (exact) mass is 218 g/mol. The van der Waals surface area contributed by atoms with Crippen molar-refractivity contribution in [3.05, 3.63) is 29.8 Å². The predicted octanol–water partition coefficient (Wildman–Crippen LogP) is 2.42. The van der Waals surface area contributed by atoms with Gasteiger partial charge in [0, 0.05) is 24.3 Å². The molecule has 1 aromatic rings. The van der Waals surface area contributed by atoms with Gasteiger partial charge in [-0.15, -0.1) is 0 Å². The van der Waals surface area contributed by atoms with Crippen molar-refractivity contribution in [1.82, 2.24) is 0 Å². The van der Waals surface area contributed by atoms with Crippen LogP contribution in [-0.4, -0.2) is 18.6 Å². The quantitative estimate of drug-likeness (QED) is 0.844. The summed E-state index contributed by atoms with van der Waals surface area (Å²) in [5.74, 6) is 0.542. The second-order valence-electron chi connectivity index (χ2n) is 5.24. The molecule has 2 atom stereocenters. The number of nitrogens with zero attached hydrogens (tertiary/aromatic N) is 1. The van der Waals surface area contributed by atoms with Crippen molar-refractivity contribution in [2.24, 2.45) is 11.7 Å². The minimum absolute atomic E-state index is 0.258. The average molecular weight is 218 g/mol. The van der Waals surface area contributed by atoms with Crippen LogP contribution in [0.1, 0.15) is 26.3 Å². The zero-order valence-electron chi connectivity index (χ0n) is 10.5. The molecule has 0 fully saturated rings. The Morgan fingerprint density at radius 3 is 2.75 bits per heavy atom. The number of para-hydroxylation sites is 1. The molecule has 1 heterocycles. The van der Waals surface area contributed by atoms with E-state index in [-0.39, 0.29) is 6.04 Å². The van der Waals surface area contributed by atoms with Crippen molar-refractivity contribution >= 4 is 5.69 Å². The maximum atomic E-state index is 6.17. The fourth-order valence-corrected chi connectivity index (χ4v) is 2.35. The summed E-state index contributed by atoms with van der Waals surface area (Å²) >= 11 is 0. The Balaban J connectivity index is 2.16. The molecule has 0 spiro atoms. The highest BCUT2D eigenvalue weighted by atomic mass is 15.2. The second kappa shape index (κ2) is 4.46. The van der Waals surface area contributed by atoms with Gasteiger partial charge in [0.2, 0.25) is 0 Å². The highest BCUT2D eigenvalue weighted by Crippen LogP contribution is 2.31. The Hall–Kier alpha value is -1.02. The van der Waals surface area contributed by atoms with Gasteiger partial charge in [-0.05, 0) is 30.9 Å². The van der Waals surface area contributed by atoms with E-state index >= 15 is 0 Å². The largest absolute Gasteiger partial charge is 0.367 e. The Bertz CT molecular complexity index is 360. The van der Waals surface area contributed by atoms with Crippen LogP contribution in [0, 0.1) is 5.92 Å². The van der Waals surface area contributed by atoms with Crippen LogP contribution in [0.15, 0.2) is 24.3 Å². The predicted molar refractivity (Wildman–Crippen MR) is 69.8 cm³/mol. The van der Waals surface area contributed by atoms with Gasteiger partial charge >= 0.3 is 0 Å². The van der Waals surface area contributed by atoms with Crippen LogP contribution in [0.2, 0.25) is 0 Å². The van der Waals surface area contributed by atoms with E-state index in [0.717, 1.165) is 13.0 Å². The Kier molecular flexibility index (Phi) is 3.20. The number of benzene rings is 1. The van der Waals surface area contributed by atoms with E-state index < -0.39 is 0 Å². The molecule has 2 rings (SSSR count). The van der Waals surface area contributed by atoms with Gasteiger partial charge in [0.05, 0.1) is 0 Å². The van der Waals surface area contributed by atoms with E-state index in [1.807, 2.05) is 0 Å². The Morgan fingerprint density at radius 1 is 1.38 bits per heavy atom. The van der Waals surface area contributed by atoms with Gasteiger partial charge in [0.1, 0.15) is 0 Å². The van der Waals surface area contributed by atoms with Gasteiger partial charge in [-0.2, -0.15) is 0 Å². The summed E-state index contributed by atoms with van der Waals surface area (Å²) in [6.07, 6.45) is 1.15. The normalized spacial score (nSPS) is 21.3. The van der Waals surface area contributed by atoms with E-state index in [0.29, 0.717) is 12.0 Å². The average Bonchev–Trinajstić information content (AvgIpc) is 2.55. The second-order valence-corrected chi connectivity index (χ2v) is 5.24. The molecule has 1 aliphatic heterocycles. The number of hydrogen-bond donors (Lipinski definition) is 1. The van der Waals surface area contributed by atoms with Crippen LogP contribution >= 0.6 is 0 Å². The highest BCUT2D eigenvalue weighted by molar-refractivity contribution is 5.59. The number of rotatable bonds is 3.